The Hall–Kier alpha value is -3.03. The summed E-state index contributed by atoms with van der Waals surface area (Å²) in [5.41, 5.74) is 8.55. The van der Waals surface area contributed by atoms with Gasteiger partial charge in [0.2, 0.25) is 0 Å². The number of nitrogen functional groups attached to an aromatic ring is 1. The van der Waals surface area contributed by atoms with Crippen molar-refractivity contribution in [1.82, 2.24) is 20.0 Å². The van der Waals surface area contributed by atoms with Gasteiger partial charge in [0, 0.05) is 18.4 Å². The predicted octanol–water partition coefficient (Wildman–Crippen LogP) is 3.46. The Morgan fingerprint density at radius 3 is 2.79 bits per heavy atom. The van der Waals surface area contributed by atoms with Gasteiger partial charge in [-0.15, -0.1) is 0 Å². The maximum atomic E-state index is 11.3. The second-order valence-electron chi connectivity index (χ2n) is 6.82. The molecule has 0 atom stereocenters. The summed E-state index contributed by atoms with van der Waals surface area (Å²) < 4.78 is 6.67. The van der Waals surface area contributed by atoms with E-state index in [0.29, 0.717) is 31.1 Å². The van der Waals surface area contributed by atoms with E-state index in [0.717, 1.165) is 54.3 Å². The molecule has 2 aromatic heterocycles. The number of carbonyl (C=O) groups is 1. The van der Waals surface area contributed by atoms with Crippen LogP contribution in [0.15, 0.2) is 24.3 Å². The second kappa shape index (κ2) is 9.95. The minimum absolute atomic E-state index is 0.370. The maximum absolute atomic E-state index is 11.3. The molecule has 3 N–H and O–H groups in total. The molecular formula is C21H29N5O3. The SMILES string of the molecule is CCCCc1nc2c(N)nc3ccccc3c2n1OCCCCNC(=O)OCC. The Morgan fingerprint density at radius 2 is 2.00 bits per heavy atom. The first kappa shape index (κ1) is 20.7. The van der Waals surface area contributed by atoms with Crippen molar-refractivity contribution < 1.29 is 14.4 Å². The lowest BCUT2D eigenvalue weighted by Crippen LogP contribution is -2.25. The minimum Gasteiger partial charge on any atom is -0.450 e. The number of carbonyl (C=O) groups excluding carboxylic acids is 1. The number of para-hydroxylation sites is 1. The van der Waals surface area contributed by atoms with E-state index in [1.54, 1.807) is 6.92 Å². The number of nitrogens with zero attached hydrogens (tertiary/aromatic N) is 3. The number of anilines is 1. The highest BCUT2D eigenvalue weighted by Gasteiger charge is 2.18. The molecule has 0 radical (unpaired) electrons. The van der Waals surface area contributed by atoms with Crippen molar-refractivity contribution >= 4 is 33.8 Å². The number of unbranched alkanes of at least 4 members (excludes halogenated alkanes) is 2. The van der Waals surface area contributed by atoms with Crippen LogP contribution in [0.4, 0.5) is 10.6 Å². The number of fused-ring (bicyclic) bond motifs is 3. The molecule has 0 unspecified atom stereocenters. The third kappa shape index (κ3) is 4.88. The zero-order chi connectivity index (χ0) is 20.6. The van der Waals surface area contributed by atoms with Crippen LogP contribution >= 0.6 is 0 Å². The van der Waals surface area contributed by atoms with E-state index >= 15 is 0 Å². The summed E-state index contributed by atoms with van der Waals surface area (Å²) >= 11 is 0. The smallest absolute Gasteiger partial charge is 0.407 e. The van der Waals surface area contributed by atoms with Crippen molar-refractivity contribution in [2.75, 3.05) is 25.5 Å². The van der Waals surface area contributed by atoms with Gasteiger partial charge in [0.05, 0.1) is 12.1 Å². The molecule has 156 valence electrons. The third-order valence-electron chi connectivity index (χ3n) is 4.64. The minimum atomic E-state index is -0.384. The molecule has 0 fully saturated rings. The molecule has 8 nitrogen and oxygen atoms in total. The molecule has 0 saturated heterocycles. The van der Waals surface area contributed by atoms with Crippen LogP contribution in [-0.2, 0) is 11.2 Å². The van der Waals surface area contributed by atoms with Crippen molar-refractivity contribution in [3.63, 3.8) is 0 Å². The molecule has 1 amide bonds. The molecule has 0 saturated carbocycles. The lowest BCUT2D eigenvalue weighted by molar-refractivity contribution is 0.108. The summed E-state index contributed by atoms with van der Waals surface area (Å²) in [4.78, 5) is 26.7. The van der Waals surface area contributed by atoms with Crippen LogP contribution in [0.2, 0.25) is 0 Å². The average molecular weight is 399 g/mol. The number of nitrogens with two attached hydrogens (primary N) is 1. The number of benzene rings is 1. The van der Waals surface area contributed by atoms with Crippen molar-refractivity contribution in [3.8, 4) is 0 Å². The standard InChI is InChI=1S/C21H29N5O3/c1-3-5-12-17-25-18-19(15-10-6-7-11-16(15)24-20(18)22)26(17)29-14-9-8-13-23-21(27)28-4-2/h6-7,10-11H,3-5,8-9,12-14H2,1-2H3,(H2,22,24)(H,23,27). The highest BCUT2D eigenvalue weighted by molar-refractivity contribution is 6.06. The number of ether oxygens (including phenoxy) is 1. The number of imidazole rings is 1. The van der Waals surface area contributed by atoms with Gasteiger partial charge in [-0.2, -0.15) is 4.73 Å². The van der Waals surface area contributed by atoms with E-state index in [2.05, 4.69) is 17.2 Å². The zero-order valence-electron chi connectivity index (χ0n) is 17.1. The van der Waals surface area contributed by atoms with Crippen LogP contribution in [-0.4, -0.2) is 40.6 Å². The summed E-state index contributed by atoms with van der Waals surface area (Å²) in [6.45, 7) is 5.36. The summed E-state index contributed by atoms with van der Waals surface area (Å²) in [5, 5.41) is 3.69. The van der Waals surface area contributed by atoms with Crippen molar-refractivity contribution in [1.29, 1.82) is 0 Å². The fourth-order valence-corrected chi connectivity index (χ4v) is 3.21. The van der Waals surface area contributed by atoms with E-state index < -0.39 is 0 Å². The topological polar surface area (TPSA) is 104 Å². The molecule has 0 spiro atoms. The average Bonchev–Trinajstić information content (AvgIpc) is 3.08. The Morgan fingerprint density at radius 1 is 1.17 bits per heavy atom. The lowest BCUT2D eigenvalue weighted by Gasteiger charge is -2.12. The number of amides is 1. The predicted molar refractivity (Wildman–Crippen MR) is 114 cm³/mol. The number of aromatic nitrogens is 3. The fraction of sp³-hybridized carbons (Fsp3) is 0.476. The van der Waals surface area contributed by atoms with Crippen LogP contribution in [0.3, 0.4) is 0 Å². The number of aryl methyl sites for hydroxylation is 1. The molecule has 29 heavy (non-hydrogen) atoms. The molecule has 3 aromatic rings. The molecule has 0 aliphatic rings. The Labute approximate surface area is 170 Å². The van der Waals surface area contributed by atoms with E-state index in [1.165, 1.54) is 0 Å². The van der Waals surface area contributed by atoms with Gasteiger partial charge in [0.15, 0.2) is 5.82 Å². The first-order valence-corrected chi connectivity index (χ1v) is 10.2. The van der Waals surface area contributed by atoms with Crippen molar-refractivity contribution in [2.24, 2.45) is 0 Å². The first-order valence-electron chi connectivity index (χ1n) is 10.2. The van der Waals surface area contributed by atoms with Gasteiger partial charge < -0.3 is 20.6 Å². The van der Waals surface area contributed by atoms with Gasteiger partial charge in [0.1, 0.15) is 23.5 Å². The first-order chi connectivity index (χ1) is 14.2. The molecule has 3 rings (SSSR count). The van der Waals surface area contributed by atoms with Gasteiger partial charge in [-0.1, -0.05) is 31.5 Å². The van der Waals surface area contributed by atoms with E-state index in [9.17, 15) is 4.79 Å². The highest BCUT2D eigenvalue weighted by atomic mass is 16.7. The number of rotatable bonds is 10. The van der Waals surface area contributed by atoms with Crippen LogP contribution in [0.1, 0.15) is 45.4 Å². The van der Waals surface area contributed by atoms with Crippen LogP contribution < -0.4 is 15.9 Å². The van der Waals surface area contributed by atoms with Crippen LogP contribution in [0.25, 0.3) is 21.9 Å². The monoisotopic (exact) mass is 399 g/mol. The van der Waals surface area contributed by atoms with Gasteiger partial charge in [-0.05, 0) is 32.3 Å². The Bertz CT molecular complexity index is 970. The maximum Gasteiger partial charge on any atom is 0.407 e. The summed E-state index contributed by atoms with van der Waals surface area (Å²) in [6.07, 6.45) is 4.09. The highest BCUT2D eigenvalue weighted by Crippen LogP contribution is 2.28. The normalized spacial score (nSPS) is 11.1. The number of alkyl carbamates (subject to hydrolysis) is 1. The largest absolute Gasteiger partial charge is 0.450 e. The second-order valence-corrected chi connectivity index (χ2v) is 6.82. The van der Waals surface area contributed by atoms with Crippen LogP contribution in [0.5, 0.6) is 0 Å². The summed E-state index contributed by atoms with van der Waals surface area (Å²) in [6, 6.07) is 7.87. The van der Waals surface area contributed by atoms with Gasteiger partial charge in [-0.25, -0.2) is 14.8 Å². The Kier molecular flexibility index (Phi) is 7.10. The number of hydrogen-bond donors (Lipinski definition) is 2. The van der Waals surface area contributed by atoms with Crippen LogP contribution in [0, 0.1) is 0 Å². The zero-order valence-corrected chi connectivity index (χ0v) is 17.1. The van der Waals surface area contributed by atoms with Gasteiger partial charge in [-0.3, -0.25) is 0 Å². The van der Waals surface area contributed by atoms with Crippen molar-refractivity contribution in [3.05, 3.63) is 30.1 Å². The third-order valence-corrected chi connectivity index (χ3v) is 4.64. The molecule has 1 aromatic carbocycles. The van der Waals surface area contributed by atoms with Gasteiger partial charge >= 0.3 is 6.09 Å². The molecule has 0 aliphatic carbocycles. The van der Waals surface area contributed by atoms with E-state index in [1.807, 2.05) is 29.0 Å². The molecule has 2 heterocycles. The lowest BCUT2D eigenvalue weighted by atomic mass is 10.2. The number of nitrogens with one attached hydrogen (secondary N) is 1. The molecule has 8 heteroatoms. The quantitative estimate of drug-likeness (QED) is 0.506. The number of hydrogen-bond acceptors (Lipinski definition) is 6. The van der Waals surface area contributed by atoms with E-state index in [4.69, 9.17) is 20.3 Å². The summed E-state index contributed by atoms with van der Waals surface area (Å²) in [5.74, 6) is 1.27. The van der Waals surface area contributed by atoms with Crippen molar-refractivity contribution in [2.45, 2.75) is 46.0 Å². The Balaban J connectivity index is 1.77. The summed E-state index contributed by atoms with van der Waals surface area (Å²) in [7, 11) is 0. The molecule has 0 bridgehead atoms. The van der Waals surface area contributed by atoms with E-state index in [-0.39, 0.29) is 6.09 Å². The van der Waals surface area contributed by atoms with Gasteiger partial charge in [0.25, 0.3) is 0 Å². The fourth-order valence-electron chi connectivity index (χ4n) is 3.21. The molecular weight excluding hydrogens is 370 g/mol. The number of pyridine rings is 1. The molecule has 0 aliphatic heterocycles.